The van der Waals surface area contributed by atoms with Crippen molar-refractivity contribution in [2.45, 2.75) is 72.2 Å². The van der Waals surface area contributed by atoms with Crippen LogP contribution in [0, 0.1) is 6.92 Å². The average Bonchev–Trinajstić information content (AvgIpc) is 2.73. The van der Waals surface area contributed by atoms with E-state index in [1.807, 2.05) is 46.8 Å². The lowest BCUT2D eigenvalue weighted by Gasteiger charge is -2.32. The molecule has 2 heterocycles. The summed E-state index contributed by atoms with van der Waals surface area (Å²) in [6.07, 6.45) is -0.758. The molecule has 7 heteroatoms. The first kappa shape index (κ1) is 20.6. The number of benzene rings is 1. The molecule has 1 aromatic heterocycles. The molecule has 0 bridgehead atoms. The molecule has 150 valence electrons. The maximum absolute atomic E-state index is 12.1. The highest BCUT2D eigenvalue weighted by molar-refractivity contribution is 6.65. The zero-order valence-corrected chi connectivity index (χ0v) is 17.9. The Hall–Kier alpha value is -2.12. The second kappa shape index (κ2) is 6.74. The number of carbonyl (C=O) groups is 1. The monoisotopic (exact) mass is 385 g/mol. The van der Waals surface area contributed by atoms with Crippen LogP contribution in [0.3, 0.4) is 0 Å². The van der Waals surface area contributed by atoms with Crippen molar-refractivity contribution in [3.8, 4) is 5.75 Å². The van der Waals surface area contributed by atoms with E-state index < -0.39 is 30.1 Å². The Balaban J connectivity index is 2.03. The molecule has 0 radical (unpaired) electrons. The van der Waals surface area contributed by atoms with Crippen LogP contribution in [-0.4, -0.2) is 35.1 Å². The third-order valence-corrected chi connectivity index (χ3v) is 5.03. The van der Waals surface area contributed by atoms with E-state index in [0.29, 0.717) is 5.75 Å². The number of aromatic nitrogens is 1. The number of ether oxygens (including phenoxy) is 2. The van der Waals surface area contributed by atoms with E-state index in [1.165, 1.54) is 0 Å². The summed E-state index contributed by atoms with van der Waals surface area (Å²) in [5.41, 5.74) is 0.742. The predicted octanol–water partition coefficient (Wildman–Crippen LogP) is 4.16. The Morgan fingerprint density at radius 3 is 2.25 bits per heavy atom. The van der Waals surface area contributed by atoms with E-state index >= 15 is 0 Å². The smallest absolute Gasteiger partial charge is 0.428 e. The van der Waals surface area contributed by atoms with E-state index in [2.05, 4.69) is 4.98 Å². The molecule has 1 aliphatic heterocycles. The van der Waals surface area contributed by atoms with Gasteiger partial charge in [-0.1, -0.05) is 6.07 Å². The molecule has 1 aromatic carbocycles. The van der Waals surface area contributed by atoms with Gasteiger partial charge in [-0.15, -0.1) is 0 Å². The highest BCUT2D eigenvalue weighted by Gasteiger charge is 2.52. The lowest BCUT2D eigenvalue weighted by atomic mass is 9.77. The summed E-state index contributed by atoms with van der Waals surface area (Å²) in [4.78, 5) is 16.8. The Bertz CT molecular complexity index is 901. The second-order valence-electron chi connectivity index (χ2n) is 9.19. The van der Waals surface area contributed by atoms with Gasteiger partial charge < -0.3 is 18.8 Å². The Morgan fingerprint density at radius 1 is 1.07 bits per heavy atom. The van der Waals surface area contributed by atoms with Gasteiger partial charge in [0, 0.05) is 16.5 Å². The van der Waals surface area contributed by atoms with Crippen LogP contribution in [0.2, 0.25) is 0 Å². The van der Waals surface area contributed by atoms with Crippen LogP contribution < -0.4 is 10.2 Å². The van der Waals surface area contributed by atoms with Gasteiger partial charge in [0.1, 0.15) is 11.4 Å². The molecule has 0 amide bonds. The molecular formula is C21H28BNO5. The molecule has 28 heavy (non-hydrogen) atoms. The maximum atomic E-state index is 12.1. The van der Waals surface area contributed by atoms with Gasteiger partial charge in [-0.25, -0.2) is 4.79 Å². The summed E-state index contributed by atoms with van der Waals surface area (Å²) in [6.45, 7) is 15.3. The Kier molecular flexibility index (Phi) is 4.96. The van der Waals surface area contributed by atoms with Crippen molar-refractivity contribution in [1.29, 1.82) is 0 Å². The van der Waals surface area contributed by atoms with Crippen molar-refractivity contribution in [2.24, 2.45) is 0 Å². The largest absolute Gasteiger partial charge is 0.514 e. The topological polar surface area (TPSA) is 66.9 Å². The molecule has 3 rings (SSSR count). The zero-order chi connectivity index (χ0) is 20.9. The van der Waals surface area contributed by atoms with Gasteiger partial charge in [-0.2, -0.15) is 0 Å². The number of hydrogen-bond donors (Lipinski definition) is 0. The minimum atomic E-state index is -0.758. The van der Waals surface area contributed by atoms with Crippen molar-refractivity contribution in [1.82, 2.24) is 4.98 Å². The first-order valence-electron chi connectivity index (χ1n) is 9.45. The summed E-state index contributed by atoms with van der Waals surface area (Å²) < 4.78 is 23.1. The fraction of sp³-hybridized carbons (Fsp3) is 0.524. The fourth-order valence-electron chi connectivity index (χ4n) is 2.91. The second-order valence-corrected chi connectivity index (χ2v) is 9.19. The van der Waals surface area contributed by atoms with E-state index in [1.54, 1.807) is 32.9 Å². The molecule has 1 fully saturated rings. The molecule has 0 unspecified atom stereocenters. The lowest BCUT2D eigenvalue weighted by Crippen LogP contribution is -2.41. The van der Waals surface area contributed by atoms with Crippen molar-refractivity contribution in [2.75, 3.05) is 0 Å². The predicted molar refractivity (Wildman–Crippen MR) is 109 cm³/mol. The molecule has 0 aliphatic carbocycles. The van der Waals surface area contributed by atoms with Crippen LogP contribution in [0.5, 0.6) is 5.75 Å². The minimum absolute atomic E-state index is 0.358. The fourth-order valence-corrected chi connectivity index (χ4v) is 2.91. The van der Waals surface area contributed by atoms with Gasteiger partial charge in [-0.3, -0.25) is 4.98 Å². The normalized spacial score (nSPS) is 18.4. The Morgan fingerprint density at radius 2 is 1.68 bits per heavy atom. The molecule has 1 saturated heterocycles. The van der Waals surface area contributed by atoms with Gasteiger partial charge in [0.15, 0.2) is 0 Å². The van der Waals surface area contributed by atoms with E-state index in [4.69, 9.17) is 18.8 Å². The molecule has 0 atom stereocenters. The highest BCUT2D eigenvalue weighted by Crippen LogP contribution is 2.37. The van der Waals surface area contributed by atoms with Crippen molar-refractivity contribution >= 4 is 29.6 Å². The molecule has 0 saturated carbocycles. The van der Waals surface area contributed by atoms with Gasteiger partial charge in [0.25, 0.3) is 0 Å². The van der Waals surface area contributed by atoms with E-state index in [-0.39, 0.29) is 0 Å². The number of aryl methyl sites for hydroxylation is 1. The SMILES string of the molecule is Cc1ccc2cc(OC(=O)OC(C)(C)C)cc(B3OC(C)(C)C(C)(C)O3)c2n1. The van der Waals surface area contributed by atoms with Gasteiger partial charge in [0.2, 0.25) is 0 Å². The Labute approximate surface area is 166 Å². The van der Waals surface area contributed by atoms with Crippen LogP contribution in [0.4, 0.5) is 4.79 Å². The van der Waals surface area contributed by atoms with Crippen LogP contribution in [-0.2, 0) is 14.0 Å². The third kappa shape index (κ3) is 4.15. The summed E-state index contributed by atoms with van der Waals surface area (Å²) in [6, 6.07) is 7.35. The van der Waals surface area contributed by atoms with Crippen LogP contribution in [0.1, 0.15) is 54.2 Å². The van der Waals surface area contributed by atoms with E-state index in [0.717, 1.165) is 22.1 Å². The molecule has 2 aromatic rings. The van der Waals surface area contributed by atoms with Crippen molar-refractivity contribution in [3.63, 3.8) is 0 Å². The van der Waals surface area contributed by atoms with Crippen LogP contribution >= 0.6 is 0 Å². The molecule has 0 spiro atoms. The van der Waals surface area contributed by atoms with E-state index in [9.17, 15) is 4.79 Å². The molecule has 1 aliphatic rings. The summed E-state index contributed by atoms with van der Waals surface area (Å²) >= 11 is 0. The highest BCUT2D eigenvalue weighted by atomic mass is 16.7. The van der Waals surface area contributed by atoms with Gasteiger partial charge in [-0.05, 0) is 73.6 Å². The quantitative estimate of drug-likeness (QED) is 0.440. The minimum Gasteiger partial charge on any atom is -0.428 e. The molecule has 0 N–H and O–H groups in total. The maximum Gasteiger partial charge on any atom is 0.514 e. The number of pyridine rings is 1. The standard InChI is InChI=1S/C21H28BNO5/c1-13-9-10-14-11-15(25-18(24)26-19(2,3)4)12-16(17(14)23-13)22-27-20(5,6)21(7,8)28-22/h9-12H,1-8H3. The summed E-state index contributed by atoms with van der Waals surface area (Å²) in [7, 11) is -0.621. The third-order valence-electron chi connectivity index (χ3n) is 5.03. The number of fused-ring (bicyclic) bond motifs is 1. The van der Waals surface area contributed by atoms with Gasteiger partial charge >= 0.3 is 13.3 Å². The number of carbonyl (C=O) groups excluding carboxylic acids is 1. The first-order chi connectivity index (χ1) is 12.8. The zero-order valence-electron chi connectivity index (χ0n) is 17.9. The number of hydrogen-bond acceptors (Lipinski definition) is 6. The molecule has 6 nitrogen and oxygen atoms in total. The number of rotatable bonds is 2. The summed E-state index contributed by atoms with van der Waals surface area (Å²) in [5, 5.41) is 0.830. The lowest BCUT2D eigenvalue weighted by molar-refractivity contribution is 0.00578. The first-order valence-corrected chi connectivity index (χ1v) is 9.45. The van der Waals surface area contributed by atoms with Gasteiger partial charge in [0.05, 0.1) is 16.7 Å². The summed E-state index contributed by atoms with van der Waals surface area (Å²) in [5.74, 6) is 0.358. The average molecular weight is 385 g/mol. The van der Waals surface area contributed by atoms with Crippen molar-refractivity contribution in [3.05, 3.63) is 30.0 Å². The van der Waals surface area contributed by atoms with Crippen LogP contribution in [0.15, 0.2) is 24.3 Å². The van der Waals surface area contributed by atoms with Crippen LogP contribution in [0.25, 0.3) is 10.9 Å². The molecular weight excluding hydrogens is 357 g/mol. The number of nitrogens with zero attached hydrogens (tertiary/aromatic N) is 1. The van der Waals surface area contributed by atoms with Crippen molar-refractivity contribution < 1.29 is 23.6 Å².